The van der Waals surface area contributed by atoms with Gasteiger partial charge in [-0.1, -0.05) is 23.8 Å². The molecular weight excluding hydrogens is 188 g/mol. The van der Waals surface area contributed by atoms with Gasteiger partial charge in [0.05, 0.1) is 6.42 Å². The summed E-state index contributed by atoms with van der Waals surface area (Å²) < 4.78 is 0. The van der Waals surface area contributed by atoms with Crippen LogP contribution in [-0.2, 0) is 11.2 Å². The molecule has 3 heteroatoms. The fourth-order valence-electron chi connectivity index (χ4n) is 1.49. The lowest BCUT2D eigenvalue weighted by Crippen LogP contribution is -2.30. The van der Waals surface area contributed by atoms with Crippen LogP contribution in [0.25, 0.3) is 0 Å². The SMILES string of the molecule is Cc1ccc(CC(=O)NCCN)c(C)c1. The van der Waals surface area contributed by atoms with E-state index < -0.39 is 0 Å². The first-order valence-corrected chi connectivity index (χ1v) is 5.16. The number of nitrogens with one attached hydrogen (secondary N) is 1. The molecule has 0 heterocycles. The summed E-state index contributed by atoms with van der Waals surface area (Å²) in [5, 5.41) is 2.76. The fraction of sp³-hybridized carbons (Fsp3) is 0.417. The summed E-state index contributed by atoms with van der Waals surface area (Å²) >= 11 is 0. The Labute approximate surface area is 90.7 Å². The Morgan fingerprint density at radius 2 is 2.13 bits per heavy atom. The van der Waals surface area contributed by atoms with E-state index in [0.717, 1.165) is 11.1 Å². The molecule has 0 unspecified atom stereocenters. The third kappa shape index (κ3) is 3.72. The monoisotopic (exact) mass is 206 g/mol. The molecular formula is C12H18N2O. The lowest BCUT2D eigenvalue weighted by Gasteiger charge is -2.07. The fourth-order valence-corrected chi connectivity index (χ4v) is 1.49. The summed E-state index contributed by atoms with van der Waals surface area (Å²) in [7, 11) is 0. The molecule has 0 aromatic heterocycles. The molecule has 0 aliphatic rings. The Bertz CT molecular complexity index is 347. The van der Waals surface area contributed by atoms with Crippen LogP contribution in [0.3, 0.4) is 0 Å². The van der Waals surface area contributed by atoms with Gasteiger partial charge in [0.1, 0.15) is 0 Å². The molecule has 1 aromatic rings. The average molecular weight is 206 g/mol. The Morgan fingerprint density at radius 3 is 2.73 bits per heavy atom. The molecule has 3 nitrogen and oxygen atoms in total. The Morgan fingerprint density at radius 1 is 1.40 bits per heavy atom. The van der Waals surface area contributed by atoms with E-state index in [9.17, 15) is 4.79 Å². The largest absolute Gasteiger partial charge is 0.355 e. The molecule has 0 radical (unpaired) electrons. The standard InChI is InChI=1S/C12H18N2O/c1-9-3-4-11(10(2)7-9)8-12(15)14-6-5-13/h3-4,7H,5-6,8,13H2,1-2H3,(H,14,15). The molecule has 0 saturated heterocycles. The van der Waals surface area contributed by atoms with Crippen LogP contribution in [0.5, 0.6) is 0 Å². The van der Waals surface area contributed by atoms with Crippen molar-refractivity contribution in [1.82, 2.24) is 5.32 Å². The van der Waals surface area contributed by atoms with Crippen molar-refractivity contribution in [3.05, 3.63) is 34.9 Å². The van der Waals surface area contributed by atoms with Crippen molar-refractivity contribution in [2.24, 2.45) is 5.73 Å². The van der Waals surface area contributed by atoms with E-state index in [0.29, 0.717) is 19.5 Å². The Hall–Kier alpha value is -1.35. The van der Waals surface area contributed by atoms with E-state index in [1.807, 2.05) is 26.0 Å². The van der Waals surface area contributed by atoms with Crippen LogP contribution in [0.1, 0.15) is 16.7 Å². The Kier molecular flexibility index (Phi) is 4.31. The van der Waals surface area contributed by atoms with Crippen LogP contribution in [0.4, 0.5) is 0 Å². The van der Waals surface area contributed by atoms with Gasteiger partial charge in [-0.25, -0.2) is 0 Å². The van der Waals surface area contributed by atoms with E-state index in [4.69, 9.17) is 5.73 Å². The molecule has 0 spiro atoms. The van der Waals surface area contributed by atoms with Crippen molar-refractivity contribution in [3.8, 4) is 0 Å². The van der Waals surface area contributed by atoms with Gasteiger partial charge in [-0.3, -0.25) is 4.79 Å². The number of benzene rings is 1. The van der Waals surface area contributed by atoms with E-state index >= 15 is 0 Å². The second-order valence-electron chi connectivity index (χ2n) is 3.75. The molecule has 1 rings (SSSR count). The molecule has 0 aliphatic heterocycles. The van der Waals surface area contributed by atoms with Crippen LogP contribution < -0.4 is 11.1 Å². The molecule has 1 amide bonds. The first kappa shape index (κ1) is 11.7. The van der Waals surface area contributed by atoms with Crippen molar-refractivity contribution in [2.45, 2.75) is 20.3 Å². The van der Waals surface area contributed by atoms with Crippen molar-refractivity contribution >= 4 is 5.91 Å². The third-order valence-electron chi connectivity index (χ3n) is 2.32. The summed E-state index contributed by atoms with van der Waals surface area (Å²) in [5.74, 6) is 0.0346. The van der Waals surface area contributed by atoms with Crippen LogP contribution in [0.2, 0.25) is 0 Å². The quantitative estimate of drug-likeness (QED) is 0.769. The summed E-state index contributed by atoms with van der Waals surface area (Å²) in [6.45, 7) is 5.10. The summed E-state index contributed by atoms with van der Waals surface area (Å²) in [5.41, 5.74) is 8.77. The molecule has 0 aliphatic carbocycles. The third-order valence-corrected chi connectivity index (χ3v) is 2.32. The minimum atomic E-state index is 0.0346. The van der Waals surface area contributed by atoms with E-state index in [1.165, 1.54) is 5.56 Å². The number of hydrogen-bond acceptors (Lipinski definition) is 2. The predicted octanol–water partition coefficient (Wildman–Crippen LogP) is 0.921. The highest BCUT2D eigenvalue weighted by atomic mass is 16.1. The summed E-state index contributed by atoms with van der Waals surface area (Å²) in [6.07, 6.45) is 0.437. The molecule has 82 valence electrons. The first-order valence-electron chi connectivity index (χ1n) is 5.16. The molecule has 15 heavy (non-hydrogen) atoms. The van der Waals surface area contributed by atoms with Gasteiger partial charge >= 0.3 is 0 Å². The first-order chi connectivity index (χ1) is 7.13. The van der Waals surface area contributed by atoms with Gasteiger partial charge in [-0.15, -0.1) is 0 Å². The predicted molar refractivity (Wildman–Crippen MR) is 61.7 cm³/mol. The van der Waals surface area contributed by atoms with Gasteiger partial charge in [0, 0.05) is 13.1 Å². The van der Waals surface area contributed by atoms with Gasteiger partial charge < -0.3 is 11.1 Å². The van der Waals surface area contributed by atoms with Crippen LogP contribution >= 0.6 is 0 Å². The van der Waals surface area contributed by atoms with Gasteiger partial charge in [-0.2, -0.15) is 0 Å². The average Bonchev–Trinajstić information content (AvgIpc) is 2.19. The van der Waals surface area contributed by atoms with Crippen molar-refractivity contribution < 1.29 is 4.79 Å². The molecule has 1 aromatic carbocycles. The van der Waals surface area contributed by atoms with Crippen molar-refractivity contribution in [1.29, 1.82) is 0 Å². The van der Waals surface area contributed by atoms with Gasteiger partial charge in [0.25, 0.3) is 0 Å². The number of carbonyl (C=O) groups excluding carboxylic acids is 1. The molecule has 0 atom stereocenters. The highest BCUT2D eigenvalue weighted by Gasteiger charge is 2.04. The second kappa shape index (κ2) is 5.51. The number of aryl methyl sites for hydroxylation is 2. The van der Waals surface area contributed by atoms with Gasteiger partial charge in [-0.05, 0) is 25.0 Å². The Balaban J connectivity index is 2.60. The van der Waals surface area contributed by atoms with E-state index in [-0.39, 0.29) is 5.91 Å². The maximum atomic E-state index is 11.4. The number of rotatable bonds is 4. The highest BCUT2D eigenvalue weighted by molar-refractivity contribution is 5.78. The molecule has 3 N–H and O–H groups in total. The van der Waals surface area contributed by atoms with E-state index in [1.54, 1.807) is 0 Å². The van der Waals surface area contributed by atoms with Gasteiger partial charge in [0.15, 0.2) is 0 Å². The maximum Gasteiger partial charge on any atom is 0.224 e. The molecule has 0 fully saturated rings. The zero-order chi connectivity index (χ0) is 11.3. The van der Waals surface area contributed by atoms with Crippen molar-refractivity contribution in [2.75, 3.05) is 13.1 Å². The molecule has 0 saturated carbocycles. The van der Waals surface area contributed by atoms with Crippen LogP contribution in [0.15, 0.2) is 18.2 Å². The van der Waals surface area contributed by atoms with Crippen molar-refractivity contribution in [3.63, 3.8) is 0 Å². The lowest BCUT2D eigenvalue weighted by atomic mass is 10.0. The van der Waals surface area contributed by atoms with E-state index in [2.05, 4.69) is 11.4 Å². The number of carbonyl (C=O) groups is 1. The number of nitrogens with two attached hydrogens (primary N) is 1. The highest BCUT2D eigenvalue weighted by Crippen LogP contribution is 2.10. The van der Waals surface area contributed by atoms with Crippen LogP contribution in [0, 0.1) is 13.8 Å². The summed E-state index contributed by atoms with van der Waals surface area (Å²) in [4.78, 5) is 11.4. The zero-order valence-corrected chi connectivity index (χ0v) is 9.34. The molecule has 0 bridgehead atoms. The minimum absolute atomic E-state index is 0.0346. The summed E-state index contributed by atoms with van der Waals surface area (Å²) in [6, 6.07) is 6.12. The topological polar surface area (TPSA) is 55.1 Å². The maximum absolute atomic E-state index is 11.4. The van der Waals surface area contributed by atoms with Crippen LogP contribution in [-0.4, -0.2) is 19.0 Å². The number of amides is 1. The minimum Gasteiger partial charge on any atom is -0.355 e. The number of hydrogen-bond donors (Lipinski definition) is 2. The van der Waals surface area contributed by atoms with Gasteiger partial charge in [0.2, 0.25) is 5.91 Å². The zero-order valence-electron chi connectivity index (χ0n) is 9.34. The smallest absolute Gasteiger partial charge is 0.224 e. The normalized spacial score (nSPS) is 10.1. The lowest BCUT2D eigenvalue weighted by molar-refractivity contribution is -0.120. The second-order valence-corrected chi connectivity index (χ2v) is 3.75.